The van der Waals surface area contributed by atoms with Crippen LogP contribution in [-0.4, -0.2) is 33.4 Å². The summed E-state index contributed by atoms with van der Waals surface area (Å²) in [5, 5.41) is 15.8. The molecule has 0 aromatic carbocycles. The van der Waals surface area contributed by atoms with Crippen LogP contribution < -0.4 is 10.9 Å². The SMILES string of the molecule is CCCn1nc(C(=O)NCCCC(C)O)ccc1=O. The van der Waals surface area contributed by atoms with E-state index in [0.717, 1.165) is 6.42 Å². The zero-order valence-corrected chi connectivity index (χ0v) is 11.4. The number of carbonyl (C=O) groups is 1. The highest BCUT2D eigenvalue weighted by atomic mass is 16.3. The molecule has 0 aliphatic rings. The highest BCUT2D eigenvalue weighted by molar-refractivity contribution is 5.91. The van der Waals surface area contributed by atoms with Gasteiger partial charge in [0.25, 0.3) is 11.5 Å². The van der Waals surface area contributed by atoms with Crippen molar-refractivity contribution in [1.82, 2.24) is 15.1 Å². The van der Waals surface area contributed by atoms with E-state index in [1.807, 2.05) is 6.92 Å². The Bertz CT molecular complexity index is 468. The van der Waals surface area contributed by atoms with E-state index in [9.17, 15) is 9.59 Å². The molecule has 106 valence electrons. The lowest BCUT2D eigenvalue weighted by molar-refractivity contribution is 0.0942. The molecule has 1 aromatic heterocycles. The molecule has 0 radical (unpaired) electrons. The quantitative estimate of drug-likeness (QED) is 0.706. The third kappa shape index (κ3) is 5.21. The van der Waals surface area contributed by atoms with Gasteiger partial charge in [0.15, 0.2) is 0 Å². The lowest BCUT2D eigenvalue weighted by atomic mass is 10.2. The first-order chi connectivity index (χ1) is 9.04. The second kappa shape index (κ2) is 7.68. The van der Waals surface area contributed by atoms with Gasteiger partial charge >= 0.3 is 0 Å². The normalized spacial score (nSPS) is 12.2. The molecule has 0 fully saturated rings. The van der Waals surface area contributed by atoms with Crippen molar-refractivity contribution in [1.29, 1.82) is 0 Å². The number of aliphatic hydroxyl groups excluding tert-OH is 1. The molecule has 1 rings (SSSR count). The lowest BCUT2D eigenvalue weighted by Crippen LogP contribution is -2.30. The molecule has 1 heterocycles. The van der Waals surface area contributed by atoms with Gasteiger partial charge in [0.05, 0.1) is 6.10 Å². The highest BCUT2D eigenvalue weighted by Gasteiger charge is 2.08. The van der Waals surface area contributed by atoms with Crippen LogP contribution >= 0.6 is 0 Å². The van der Waals surface area contributed by atoms with Crippen LogP contribution in [0.25, 0.3) is 0 Å². The van der Waals surface area contributed by atoms with Crippen molar-refractivity contribution in [3.8, 4) is 0 Å². The summed E-state index contributed by atoms with van der Waals surface area (Å²) in [7, 11) is 0. The number of rotatable bonds is 7. The van der Waals surface area contributed by atoms with E-state index in [2.05, 4.69) is 10.4 Å². The summed E-state index contributed by atoms with van der Waals surface area (Å²) < 4.78 is 1.30. The van der Waals surface area contributed by atoms with Gasteiger partial charge in [0.1, 0.15) is 5.69 Å². The second-order valence-corrected chi connectivity index (χ2v) is 4.53. The largest absolute Gasteiger partial charge is 0.393 e. The number of aromatic nitrogens is 2. The number of nitrogens with one attached hydrogen (secondary N) is 1. The van der Waals surface area contributed by atoms with Crippen molar-refractivity contribution in [2.75, 3.05) is 6.54 Å². The Labute approximate surface area is 112 Å². The fourth-order valence-corrected chi connectivity index (χ4v) is 1.63. The molecule has 0 aliphatic heterocycles. The lowest BCUT2D eigenvalue weighted by Gasteiger charge is -2.07. The molecule has 0 spiro atoms. The molecular weight excluding hydrogens is 246 g/mol. The monoisotopic (exact) mass is 267 g/mol. The van der Waals surface area contributed by atoms with Gasteiger partial charge < -0.3 is 10.4 Å². The summed E-state index contributed by atoms with van der Waals surface area (Å²) in [6.07, 6.45) is 1.77. The average molecular weight is 267 g/mol. The number of carbonyl (C=O) groups excluding carboxylic acids is 1. The van der Waals surface area contributed by atoms with E-state index in [1.54, 1.807) is 6.92 Å². The molecule has 1 aromatic rings. The predicted octanol–water partition coefficient (Wildman–Crippen LogP) is 0.544. The summed E-state index contributed by atoms with van der Waals surface area (Å²) in [5.74, 6) is -0.296. The number of hydrogen-bond donors (Lipinski definition) is 2. The Hall–Kier alpha value is -1.69. The topological polar surface area (TPSA) is 84.2 Å². The first kappa shape index (κ1) is 15.4. The first-order valence-corrected chi connectivity index (χ1v) is 6.59. The second-order valence-electron chi connectivity index (χ2n) is 4.53. The Morgan fingerprint density at radius 1 is 1.53 bits per heavy atom. The summed E-state index contributed by atoms with van der Waals surface area (Å²) >= 11 is 0. The number of nitrogens with zero attached hydrogens (tertiary/aromatic N) is 2. The van der Waals surface area contributed by atoms with Crippen molar-refractivity contribution in [3.63, 3.8) is 0 Å². The molecule has 6 heteroatoms. The predicted molar refractivity (Wildman–Crippen MR) is 72.0 cm³/mol. The third-order valence-electron chi connectivity index (χ3n) is 2.62. The number of amides is 1. The molecule has 0 aliphatic carbocycles. The maximum absolute atomic E-state index is 11.8. The minimum absolute atomic E-state index is 0.201. The van der Waals surface area contributed by atoms with Gasteiger partial charge in [-0.2, -0.15) is 5.10 Å². The van der Waals surface area contributed by atoms with Crippen molar-refractivity contribution < 1.29 is 9.90 Å². The molecule has 1 atom stereocenters. The summed E-state index contributed by atoms with van der Waals surface area (Å²) in [6.45, 7) is 4.64. The first-order valence-electron chi connectivity index (χ1n) is 6.59. The molecule has 0 saturated carbocycles. The van der Waals surface area contributed by atoms with Crippen LogP contribution in [0.2, 0.25) is 0 Å². The Balaban J connectivity index is 2.57. The van der Waals surface area contributed by atoms with Gasteiger partial charge in [-0.3, -0.25) is 9.59 Å². The van der Waals surface area contributed by atoms with E-state index >= 15 is 0 Å². The number of aliphatic hydroxyl groups is 1. The summed E-state index contributed by atoms with van der Waals surface area (Å²) in [4.78, 5) is 23.3. The average Bonchev–Trinajstić information content (AvgIpc) is 2.37. The Kier molecular flexibility index (Phi) is 6.21. The molecule has 0 bridgehead atoms. The van der Waals surface area contributed by atoms with Crippen LogP contribution in [0.4, 0.5) is 0 Å². The molecular formula is C13H21N3O3. The third-order valence-corrected chi connectivity index (χ3v) is 2.62. The zero-order chi connectivity index (χ0) is 14.3. The minimum atomic E-state index is -0.360. The van der Waals surface area contributed by atoms with Gasteiger partial charge in [-0.05, 0) is 32.3 Å². The van der Waals surface area contributed by atoms with Crippen LogP contribution in [0, 0.1) is 0 Å². The Morgan fingerprint density at radius 3 is 2.89 bits per heavy atom. The fourth-order valence-electron chi connectivity index (χ4n) is 1.63. The van der Waals surface area contributed by atoms with Crippen LogP contribution in [0.5, 0.6) is 0 Å². The van der Waals surface area contributed by atoms with Crippen LogP contribution in [-0.2, 0) is 6.54 Å². The van der Waals surface area contributed by atoms with E-state index in [4.69, 9.17) is 5.11 Å². The number of hydrogen-bond acceptors (Lipinski definition) is 4. The maximum atomic E-state index is 11.8. The molecule has 6 nitrogen and oxygen atoms in total. The smallest absolute Gasteiger partial charge is 0.271 e. The van der Waals surface area contributed by atoms with Gasteiger partial charge in [0.2, 0.25) is 0 Å². The van der Waals surface area contributed by atoms with E-state index in [-0.39, 0.29) is 23.3 Å². The molecule has 1 amide bonds. The number of aryl methyl sites for hydroxylation is 1. The van der Waals surface area contributed by atoms with Gasteiger partial charge in [-0.25, -0.2) is 4.68 Å². The Morgan fingerprint density at radius 2 is 2.26 bits per heavy atom. The standard InChI is InChI=1S/C13H21N3O3/c1-3-9-16-12(18)7-6-11(15-16)13(19)14-8-4-5-10(2)17/h6-7,10,17H,3-5,8-9H2,1-2H3,(H,14,19). The highest BCUT2D eigenvalue weighted by Crippen LogP contribution is 1.96. The van der Waals surface area contributed by atoms with Crippen LogP contribution in [0.15, 0.2) is 16.9 Å². The minimum Gasteiger partial charge on any atom is -0.393 e. The van der Waals surface area contributed by atoms with Crippen molar-refractivity contribution in [3.05, 3.63) is 28.2 Å². The van der Waals surface area contributed by atoms with E-state index in [1.165, 1.54) is 16.8 Å². The zero-order valence-electron chi connectivity index (χ0n) is 11.4. The molecule has 1 unspecified atom stereocenters. The van der Waals surface area contributed by atoms with Gasteiger partial charge in [0, 0.05) is 19.2 Å². The van der Waals surface area contributed by atoms with Crippen LogP contribution in [0.3, 0.4) is 0 Å². The van der Waals surface area contributed by atoms with Gasteiger partial charge in [-0.15, -0.1) is 0 Å². The van der Waals surface area contributed by atoms with Crippen molar-refractivity contribution in [2.24, 2.45) is 0 Å². The van der Waals surface area contributed by atoms with E-state index in [0.29, 0.717) is 25.9 Å². The summed E-state index contributed by atoms with van der Waals surface area (Å²) in [5.41, 5.74) is 0.0394. The summed E-state index contributed by atoms with van der Waals surface area (Å²) in [6, 6.07) is 2.78. The molecule has 2 N–H and O–H groups in total. The van der Waals surface area contributed by atoms with E-state index < -0.39 is 0 Å². The molecule has 19 heavy (non-hydrogen) atoms. The van der Waals surface area contributed by atoms with Crippen molar-refractivity contribution in [2.45, 2.75) is 45.8 Å². The van der Waals surface area contributed by atoms with Crippen LogP contribution in [0.1, 0.15) is 43.6 Å². The van der Waals surface area contributed by atoms with Crippen molar-refractivity contribution >= 4 is 5.91 Å². The fraction of sp³-hybridized carbons (Fsp3) is 0.615. The maximum Gasteiger partial charge on any atom is 0.271 e. The van der Waals surface area contributed by atoms with Gasteiger partial charge in [-0.1, -0.05) is 6.92 Å². The molecule has 0 saturated heterocycles.